The van der Waals surface area contributed by atoms with Crippen molar-refractivity contribution in [2.24, 2.45) is 0 Å². The second kappa shape index (κ2) is 12.6. The summed E-state index contributed by atoms with van der Waals surface area (Å²) in [5, 5.41) is 8.47. The smallest absolute Gasteiger partial charge is 0.0471 e. The molecule has 0 heterocycles. The van der Waals surface area contributed by atoms with Gasteiger partial charge in [-0.1, -0.05) is 37.5 Å². The molecule has 1 N–H and O–H groups in total. The fourth-order valence-corrected chi connectivity index (χ4v) is 0.534. The van der Waals surface area contributed by atoms with Crippen LogP contribution < -0.4 is 0 Å². The zero-order chi connectivity index (χ0) is 9.82. The molecule has 0 saturated carbocycles. The topological polar surface area (TPSA) is 20.2 Å². The minimum absolute atomic E-state index is 0.172. The number of hydrogen-bond acceptors (Lipinski definition) is 1. The van der Waals surface area contributed by atoms with Gasteiger partial charge in [-0.2, -0.15) is 0 Å². The van der Waals surface area contributed by atoms with E-state index in [1.807, 2.05) is 13.0 Å². The average molecular weight is 166 g/mol. The zero-order valence-corrected chi connectivity index (χ0v) is 7.79. The van der Waals surface area contributed by atoms with Gasteiger partial charge in [-0.3, -0.25) is 0 Å². The lowest BCUT2D eigenvalue weighted by Crippen LogP contribution is -1.83. The molecule has 0 aromatic carbocycles. The second-order valence-electron chi connectivity index (χ2n) is 2.06. The molecule has 0 saturated heterocycles. The fourth-order valence-electron chi connectivity index (χ4n) is 0.534. The summed E-state index contributed by atoms with van der Waals surface area (Å²) in [5.41, 5.74) is 1.02. The van der Waals surface area contributed by atoms with Crippen LogP contribution in [0.3, 0.4) is 0 Å². The summed E-state index contributed by atoms with van der Waals surface area (Å²) in [4.78, 5) is 0. The molecule has 0 aromatic heterocycles. The van der Waals surface area contributed by atoms with Crippen molar-refractivity contribution < 1.29 is 5.11 Å². The van der Waals surface area contributed by atoms with Crippen molar-refractivity contribution in [2.75, 3.05) is 6.61 Å². The predicted octanol–water partition coefficient (Wildman–Crippen LogP) is 2.86. The van der Waals surface area contributed by atoms with E-state index in [0.29, 0.717) is 6.42 Å². The van der Waals surface area contributed by atoms with E-state index in [-0.39, 0.29) is 6.61 Å². The summed E-state index contributed by atoms with van der Waals surface area (Å²) >= 11 is 0. The molecule has 0 bridgehead atoms. The zero-order valence-electron chi connectivity index (χ0n) is 7.79. The Balaban J connectivity index is 0. The third-order valence-electron chi connectivity index (χ3n) is 0.995. The molecule has 0 atom stereocenters. The Labute approximate surface area is 75.4 Å². The molecule has 1 heteroatoms. The molecular formula is C11H18O. The van der Waals surface area contributed by atoms with Crippen LogP contribution >= 0.6 is 0 Å². The van der Waals surface area contributed by atoms with Crippen molar-refractivity contribution >= 4 is 0 Å². The van der Waals surface area contributed by atoms with Gasteiger partial charge >= 0.3 is 0 Å². The summed E-state index contributed by atoms with van der Waals surface area (Å²) in [7, 11) is 0. The first-order valence-electron chi connectivity index (χ1n) is 3.88. The minimum atomic E-state index is 0.172. The molecule has 0 aliphatic rings. The van der Waals surface area contributed by atoms with Crippen LogP contribution in [0.15, 0.2) is 49.6 Å². The maximum absolute atomic E-state index is 8.47. The normalized spacial score (nSPS) is 9.33. The molecular weight excluding hydrogens is 148 g/mol. The lowest BCUT2D eigenvalue weighted by molar-refractivity contribution is 0.300. The van der Waals surface area contributed by atoms with Gasteiger partial charge in [-0.15, -0.1) is 6.58 Å². The molecule has 0 amide bonds. The molecule has 0 unspecified atom stereocenters. The molecule has 0 aliphatic heterocycles. The number of allylic oxidation sites excluding steroid dienone is 4. The van der Waals surface area contributed by atoms with Gasteiger partial charge in [0, 0.05) is 6.61 Å². The van der Waals surface area contributed by atoms with Gasteiger partial charge < -0.3 is 5.11 Å². The number of hydrogen-bond donors (Lipinski definition) is 1. The second-order valence-corrected chi connectivity index (χ2v) is 2.06. The number of rotatable bonds is 4. The van der Waals surface area contributed by atoms with Crippen molar-refractivity contribution in [3.8, 4) is 0 Å². The van der Waals surface area contributed by atoms with E-state index in [4.69, 9.17) is 5.11 Å². The van der Waals surface area contributed by atoms with Crippen molar-refractivity contribution in [1.82, 2.24) is 0 Å². The van der Waals surface area contributed by atoms with Gasteiger partial charge in [-0.25, -0.2) is 0 Å². The van der Waals surface area contributed by atoms with Crippen molar-refractivity contribution in [2.45, 2.75) is 13.3 Å². The predicted molar refractivity (Wildman–Crippen MR) is 56.1 cm³/mol. The van der Waals surface area contributed by atoms with E-state index >= 15 is 0 Å². The average Bonchev–Trinajstić information content (AvgIpc) is 2.05. The van der Waals surface area contributed by atoms with E-state index in [1.165, 1.54) is 0 Å². The van der Waals surface area contributed by atoms with Crippen LogP contribution in [0.1, 0.15) is 13.3 Å². The van der Waals surface area contributed by atoms with Gasteiger partial charge in [-0.05, 0) is 18.9 Å². The van der Waals surface area contributed by atoms with E-state index in [0.717, 1.165) is 5.57 Å². The Bertz CT molecular complexity index is 154. The highest BCUT2D eigenvalue weighted by molar-refractivity contribution is 5.20. The lowest BCUT2D eigenvalue weighted by atomic mass is 10.2. The molecule has 1 nitrogen and oxygen atoms in total. The van der Waals surface area contributed by atoms with Crippen molar-refractivity contribution in [3.63, 3.8) is 0 Å². The summed E-state index contributed by atoms with van der Waals surface area (Å²) in [5.74, 6) is 0. The van der Waals surface area contributed by atoms with Gasteiger partial charge in [0.05, 0.1) is 0 Å². The Morgan fingerprint density at radius 3 is 2.08 bits per heavy atom. The van der Waals surface area contributed by atoms with Crippen LogP contribution in [0.4, 0.5) is 0 Å². The molecule has 0 rings (SSSR count). The van der Waals surface area contributed by atoms with Crippen molar-refractivity contribution in [1.29, 1.82) is 0 Å². The highest BCUT2D eigenvalue weighted by Crippen LogP contribution is 2.00. The molecule has 0 aliphatic carbocycles. The Kier molecular flexibility index (Phi) is 14.2. The summed E-state index contributed by atoms with van der Waals surface area (Å²) in [6.45, 7) is 12.5. The standard InChI is InChI=1S/C8H12O.C3H6/c1-3-5-8(4-2)6-7-9;1-3-2/h3-5,9H,1-2,6-7H2;3H,1H2,2H3/b8-5+;. The largest absolute Gasteiger partial charge is 0.396 e. The summed E-state index contributed by atoms with van der Waals surface area (Å²) in [6.07, 6.45) is 7.66. The van der Waals surface area contributed by atoms with Crippen molar-refractivity contribution in [3.05, 3.63) is 49.6 Å². The molecule has 12 heavy (non-hydrogen) atoms. The van der Waals surface area contributed by atoms with E-state index < -0.39 is 0 Å². The summed E-state index contributed by atoms with van der Waals surface area (Å²) in [6, 6.07) is 0. The first-order chi connectivity index (χ1) is 5.76. The molecule has 0 spiro atoms. The maximum Gasteiger partial charge on any atom is 0.0471 e. The lowest BCUT2D eigenvalue weighted by Gasteiger charge is -1.93. The Hall–Kier alpha value is -1.08. The van der Waals surface area contributed by atoms with Gasteiger partial charge in [0.15, 0.2) is 0 Å². The molecule has 0 fully saturated rings. The summed E-state index contributed by atoms with van der Waals surface area (Å²) < 4.78 is 0. The third-order valence-corrected chi connectivity index (χ3v) is 0.995. The van der Waals surface area contributed by atoms with Crippen LogP contribution in [-0.4, -0.2) is 11.7 Å². The van der Waals surface area contributed by atoms with Gasteiger partial charge in [0.1, 0.15) is 0 Å². The fraction of sp³-hybridized carbons (Fsp3) is 0.273. The maximum atomic E-state index is 8.47. The number of aliphatic hydroxyl groups is 1. The van der Waals surface area contributed by atoms with E-state index in [9.17, 15) is 0 Å². The third kappa shape index (κ3) is 11.7. The van der Waals surface area contributed by atoms with Crippen LogP contribution in [0.5, 0.6) is 0 Å². The highest BCUT2D eigenvalue weighted by atomic mass is 16.2. The quantitative estimate of drug-likeness (QED) is 0.503. The minimum Gasteiger partial charge on any atom is -0.396 e. The van der Waals surface area contributed by atoms with E-state index in [1.54, 1.807) is 18.2 Å². The van der Waals surface area contributed by atoms with Gasteiger partial charge in [0.2, 0.25) is 0 Å². The monoisotopic (exact) mass is 166 g/mol. The number of aliphatic hydroxyl groups excluding tert-OH is 1. The van der Waals surface area contributed by atoms with Crippen LogP contribution in [0.25, 0.3) is 0 Å². The Morgan fingerprint density at radius 1 is 1.33 bits per heavy atom. The van der Waals surface area contributed by atoms with Crippen LogP contribution in [-0.2, 0) is 0 Å². The molecule has 0 radical (unpaired) electrons. The van der Waals surface area contributed by atoms with Crippen LogP contribution in [0.2, 0.25) is 0 Å². The van der Waals surface area contributed by atoms with E-state index in [2.05, 4.69) is 19.7 Å². The SMILES string of the molecule is C=C/C=C(\C=C)CCO.C=CC. The Morgan fingerprint density at radius 2 is 1.83 bits per heavy atom. The first-order valence-corrected chi connectivity index (χ1v) is 3.88. The molecule has 68 valence electrons. The van der Waals surface area contributed by atoms with Gasteiger partial charge in [0.25, 0.3) is 0 Å². The molecule has 0 aromatic rings. The highest BCUT2D eigenvalue weighted by Gasteiger charge is 1.85. The van der Waals surface area contributed by atoms with Crippen LogP contribution in [0, 0.1) is 0 Å². The first kappa shape index (κ1) is 13.5.